The molecule has 25 heavy (non-hydrogen) atoms. The lowest BCUT2D eigenvalue weighted by molar-refractivity contribution is 0.0969. The summed E-state index contributed by atoms with van der Waals surface area (Å²) in [6.45, 7) is 0. The minimum Gasteiger partial charge on any atom is -0.282 e. The fourth-order valence-electron chi connectivity index (χ4n) is 3.12. The van der Waals surface area contributed by atoms with Crippen LogP contribution >= 0.6 is 11.6 Å². The van der Waals surface area contributed by atoms with Crippen LogP contribution in [0.4, 0.5) is 0 Å². The average Bonchev–Trinajstić information content (AvgIpc) is 3.16. The van der Waals surface area contributed by atoms with Gasteiger partial charge in [0.05, 0.1) is 11.7 Å². The maximum Gasteiger partial charge on any atom is 0.264 e. The Bertz CT molecular complexity index is 1280. The molecule has 7 heteroatoms. The van der Waals surface area contributed by atoms with Gasteiger partial charge in [0, 0.05) is 40.8 Å². The van der Waals surface area contributed by atoms with E-state index in [0.717, 1.165) is 10.9 Å². The van der Waals surface area contributed by atoms with Gasteiger partial charge >= 0.3 is 0 Å². The van der Waals surface area contributed by atoms with Crippen molar-refractivity contribution in [2.45, 2.75) is 0 Å². The first kappa shape index (κ1) is 14.1. The smallest absolute Gasteiger partial charge is 0.264 e. The quantitative estimate of drug-likeness (QED) is 0.465. The molecule has 6 nitrogen and oxygen atoms in total. The molecule has 0 unspecified atom stereocenters. The molecule has 0 atom stereocenters. The van der Waals surface area contributed by atoms with E-state index in [0.29, 0.717) is 27.4 Å². The third-order valence-electron chi connectivity index (χ3n) is 4.19. The average molecular weight is 348 g/mol. The first-order valence-corrected chi connectivity index (χ1v) is 7.98. The Morgan fingerprint density at radius 2 is 1.96 bits per heavy atom. The summed E-state index contributed by atoms with van der Waals surface area (Å²) in [5.74, 6) is -0.174. The van der Waals surface area contributed by atoms with Crippen molar-refractivity contribution in [2.24, 2.45) is 0 Å². The van der Waals surface area contributed by atoms with E-state index < -0.39 is 0 Å². The van der Waals surface area contributed by atoms with Crippen molar-refractivity contribution >= 4 is 45.2 Å². The summed E-state index contributed by atoms with van der Waals surface area (Å²) in [6.07, 6.45) is 8.50. The molecular formula is C18H10ClN5O. The molecule has 5 aromatic rings. The highest BCUT2D eigenvalue weighted by atomic mass is 35.5. The van der Waals surface area contributed by atoms with Crippen molar-refractivity contribution in [1.82, 2.24) is 23.9 Å². The number of carbonyl (C=O) groups excluding carboxylic acids is 1. The predicted molar refractivity (Wildman–Crippen MR) is 95.0 cm³/mol. The van der Waals surface area contributed by atoms with Crippen LogP contribution in [-0.4, -0.2) is 29.8 Å². The number of rotatable bonds is 1. The van der Waals surface area contributed by atoms with Crippen molar-refractivity contribution < 1.29 is 4.79 Å². The first-order chi connectivity index (χ1) is 12.2. The van der Waals surface area contributed by atoms with Gasteiger partial charge in [0.15, 0.2) is 11.3 Å². The Labute approximate surface area is 146 Å². The minimum absolute atomic E-state index is 0.174. The van der Waals surface area contributed by atoms with Crippen molar-refractivity contribution in [1.29, 1.82) is 0 Å². The van der Waals surface area contributed by atoms with E-state index in [4.69, 9.17) is 11.6 Å². The topological polar surface area (TPSA) is 65.1 Å². The molecule has 0 bridgehead atoms. The van der Waals surface area contributed by atoms with Crippen LogP contribution in [0.25, 0.3) is 27.7 Å². The second-order valence-corrected chi connectivity index (χ2v) is 6.07. The third-order valence-corrected chi connectivity index (χ3v) is 4.42. The molecule has 5 rings (SSSR count). The fraction of sp³-hybridized carbons (Fsp3) is 0. The molecule has 0 aliphatic rings. The Balaban J connectivity index is 1.93. The first-order valence-electron chi connectivity index (χ1n) is 7.60. The summed E-state index contributed by atoms with van der Waals surface area (Å²) in [7, 11) is 0. The summed E-state index contributed by atoms with van der Waals surface area (Å²) < 4.78 is 3.50. The molecule has 0 N–H and O–H groups in total. The normalized spacial score (nSPS) is 11.6. The number of halogens is 1. The molecule has 0 aliphatic heterocycles. The van der Waals surface area contributed by atoms with Crippen LogP contribution in [0.3, 0.4) is 0 Å². The largest absolute Gasteiger partial charge is 0.282 e. The van der Waals surface area contributed by atoms with Crippen molar-refractivity contribution in [3.8, 4) is 0 Å². The molecule has 4 aromatic heterocycles. The molecule has 0 aliphatic carbocycles. The highest BCUT2D eigenvalue weighted by Crippen LogP contribution is 2.29. The molecule has 1 aromatic carbocycles. The zero-order valence-corrected chi connectivity index (χ0v) is 13.6. The fourth-order valence-corrected chi connectivity index (χ4v) is 3.31. The zero-order valence-electron chi connectivity index (χ0n) is 12.8. The lowest BCUT2D eigenvalue weighted by Crippen LogP contribution is -2.12. The third kappa shape index (κ3) is 1.98. The highest BCUT2D eigenvalue weighted by molar-refractivity contribution is 6.31. The molecule has 0 spiro atoms. The van der Waals surface area contributed by atoms with E-state index in [1.54, 1.807) is 59.8 Å². The molecule has 4 heterocycles. The number of pyridine rings is 1. The molecule has 120 valence electrons. The van der Waals surface area contributed by atoms with Crippen LogP contribution in [0, 0.1) is 0 Å². The molecule has 0 amide bonds. The summed E-state index contributed by atoms with van der Waals surface area (Å²) in [6, 6.07) is 8.72. The number of fused-ring (bicyclic) bond motifs is 5. The van der Waals surface area contributed by atoms with E-state index in [1.807, 2.05) is 10.5 Å². The SMILES string of the molecule is O=C(c1cccc(Cl)c1)n1c2ccncc2c2nc3cnccn3c21. The van der Waals surface area contributed by atoms with Gasteiger partial charge < -0.3 is 0 Å². The van der Waals surface area contributed by atoms with Crippen LogP contribution in [0.2, 0.25) is 5.02 Å². The van der Waals surface area contributed by atoms with Crippen LogP contribution in [0.15, 0.2) is 61.3 Å². The lowest BCUT2D eigenvalue weighted by Gasteiger charge is -2.07. The van der Waals surface area contributed by atoms with Crippen LogP contribution < -0.4 is 0 Å². The summed E-state index contributed by atoms with van der Waals surface area (Å²) >= 11 is 6.06. The highest BCUT2D eigenvalue weighted by Gasteiger charge is 2.22. The number of nitrogens with zero attached hydrogens (tertiary/aromatic N) is 5. The molecule has 0 radical (unpaired) electrons. The molecular weight excluding hydrogens is 338 g/mol. The van der Waals surface area contributed by atoms with E-state index in [2.05, 4.69) is 15.0 Å². The van der Waals surface area contributed by atoms with E-state index in [9.17, 15) is 4.79 Å². The van der Waals surface area contributed by atoms with Gasteiger partial charge in [0.1, 0.15) is 5.52 Å². The van der Waals surface area contributed by atoms with Gasteiger partial charge in [0.25, 0.3) is 5.91 Å². The lowest BCUT2D eigenvalue weighted by atomic mass is 10.2. The van der Waals surface area contributed by atoms with Crippen LogP contribution in [0.1, 0.15) is 10.4 Å². The Morgan fingerprint density at radius 3 is 2.84 bits per heavy atom. The molecule has 0 saturated heterocycles. The number of aromatic nitrogens is 5. The number of carbonyl (C=O) groups is 1. The van der Waals surface area contributed by atoms with Crippen LogP contribution in [0.5, 0.6) is 0 Å². The maximum atomic E-state index is 13.3. The number of hydrogen-bond acceptors (Lipinski definition) is 4. The van der Waals surface area contributed by atoms with Crippen LogP contribution in [-0.2, 0) is 0 Å². The Morgan fingerprint density at radius 1 is 1.08 bits per heavy atom. The van der Waals surface area contributed by atoms with E-state index in [1.165, 1.54) is 0 Å². The molecule has 0 saturated carbocycles. The zero-order chi connectivity index (χ0) is 17.0. The number of imidazole rings is 1. The molecule has 0 fully saturated rings. The van der Waals surface area contributed by atoms with Gasteiger partial charge in [-0.1, -0.05) is 17.7 Å². The van der Waals surface area contributed by atoms with Crippen molar-refractivity contribution in [3.63, 3.8) is 0 Å². The second-order valence-electron chi connectivity index (χ2n) is 5.63. The van der Waals surface area contributed by atoms with Gasteiger partial charge in [0.2, 0.25) is 0 Å². The van der Waals surface area contributed by atoms with Gasteiger partial charge in [-0.15, -0.1) is 0 Å². The van der Waals surface area contributed by atoms with Crippen molar-refractivity contribution in [3.05, 3.63) is 71.9 Å². The number of benzene rings is 1. The van der Waals surface area contributed by atoms with Gasteiger partial charge in [-0.2, -0.15) is 0 Å². The number of hydrogen-bond donors (Lipinski definition) is 0. The monoisotopic (exact) mass is 347 g/mol. The minimum atomic E-state index is -0.174. The predicted octanol–water partition coefficient (Wildman–Crippen LogP) is 3.57. The van der Waals surface area contributed by atoms with E-state index in [-0.39, 0.29) is 5.91 Å². The van der Waals surface area contributed by atoms with Gasteiger partial charge in [-0.3, -0.25) is 23.7 Å². The van der Waals surface area contributed by atoms with Gasteiger partial charge in [-0.05, 0) is 24.3 Å². The maximum absolute atomic E-state index is 13.3. The summed E-state index contributed by atoms with van der Waals surface area (Å²) in [5, 5.41) is 1.33. The second kappa shape index (κ2) is 5.12. The standard InChI is InChI=1S/C18H10ClN5O/c19-12-3-1-2-11(8-12)18(25)24-14-4-5-20-9-13(14)16-17(24)23-7-6-21-10-15(23)22-16/h1-10H. The summed E-state index contributed by atoms with van der Waals surface area (Å²) in [4.78, 5) is 26.2. The Hall–Kier alpha value is -3.25. The van der Waals surface area contributed by atoms with Crippen molar-refractivity contribution in [2.75, 3.05) is 0 Å². The summed E-state index contributed by atoms with van der Waals surface area (Å²) in [5.41, 5.74) is 3.33. The van der Waals surface area contributed by atoms with Gasteiger partial charge in [-0.25, -0.2) is 4.98 Å². The van der Waals surface area contributed by atoms with E-state index >= 15 is 0 Å². The Kier molecular flexibility index (Phi) is 2.89.